The Kier molecular flexibility index (Phi) is 5.90. The van der Waals surface area contributed by atoms with Crippen molar-refractivity contribution in [3.63, 3.8) is 0 Å². The summed E-state index contributed by atoms with van der Waals surface area (Å²) in [5.74, 6) is -0.289. The molecule has 96 valence electrons. The maximum atomic E-state index is 13.5. The maximum Gasteiger partial charge on any atom is 0.165 e. The molecule has 0 saturated heterocycles. The zero-order valence-corrected chi connectivity index (χ0v) is 10.1. The highest BCUT2D eigenvalue weighted by Gasteiger charge is 2.08. The van der Waals surface area contributed by atoms with Crippen LogP contribution in [0.2, 0.25) is 0 Å². The molecule has 4 nitrogen and oxygen atoms in total. The summed E-state index contributed by atoms with van der Waals surface area (Å²) in [6, 6.07) is 4.74. The molecule has 1 unspecified atom stereocenters. The molecule has 0 amide bonds. The molecule has 0 fully saturated rings. The number of hydrogen-bond acceptors (Lipinski definition) is 4. The molecule has 0 spiro atoms. The number of aliphatic hydroxyl groups excluding tert-OH is 1. The van der Waals surface area contributed by atoms with Gasteiger partial charge in [-0.1, -0.05) is 6.07 Å². The summed E-state index contributed by atoms with van der Waals surface area (Å²) in [5.41, 5.74) is 0.842. The van der Waals surface area contributed by atoms with Crippen LogP contribution in [0.4, 0.5) is 4.39 Å². The van der Waals surface area contributed by atoms with Gasteiger partial charge in [-0.05, 0) is 24.7 Å². The van der Waals surface area contributed by atoms with Crippen LogP contribution in [0.1, 0.15) is 5.56 Å². The van der Waals surface area contributed by atoms with E-state index in [1.165, 1.54) is 13.2 Å². The maximum absolute atomic E-state index is 13.5. The Hall–Kier alpha value is -1.17. The molecule has 0 bridgehead atoms. The van der Waals surface area contributed by atoms with E-state index in [2.05, 4.69) is 5.32 Å². The van der Waals surface area contributed by atoms with Crippen molar-refractivity contribution in [1.82, 2.24) is 5.32 Å². The predicted octanol–water partition coefficient (Wildman–Crippen LogP) is 0.931. The third-order valence-electron chi connectivity index (χ3n) is 2.17. The Morgan fingerprint density at radius 1 is 1.41 bits per heavy atom. The Labute approximate surface area is 100 Å². The minimum Gasteiger partial charge on any atom is -0.488 e. The number of methoxy groups -OCH3 is 1. The quantitative estimate of drug-likeness (QED) is 0.748. The van der Waals surface area contributed by atoms with E-state index in [1.54, 1.807) is 19.2 Å². The van der Waals surface area contributed by atoms with Gasteiger partial charge in [0.15, 0.2) is 11.6 Å². The Morgan fingerprint density at radius 2 is 2.18 bits per heavy atom. The second kappa shape index (κ2) is 7.21. The molecule has 0 radical (unpaired) electrons. The summed E-state index contributed by atoms with van der Waals surface area (Å²) in [6.45, 7) is 0.777. The first-order chi connectivity index (χ1) is 8.17. The predicted molar refractivity (Wildman–Crippen MR) is 62.5 cm³/mol. The lowest BCUT2D eigenvalue weighted by molar-refractivity contribution is 0.0316. The zero-order chi connectivity index (χ0) is 12.7. The molecule has 1 atom stereocenters. The molecule has 0 aliphatic carbocycles. The minimum absolute atomic E-state index is 0.0101. The molecule has 0 aromatic heterocycles. The minimum atomic E-state index is -0.753. The van der Waals surface area contributed by atoms with E-state index in [1.807, 2.05) is 0 Å². The van der Waals surface area contributed by atoms with Crippen molar-refractivity contribution < 1.29 is 19.0 Å². The van der Waals surface area contributed by atoms with E-state index in [-0.39, 0.29) is 19.0 Å². The molecular weight excluding hydrogens is 225 g/mol. The monoisotopic (exact) mass is 243 g/mol. The van der Waals surface area contributed by atoms with E-state index >= 15 is 0 Å². The molecular formula is C12H18FNO3. The zero-order valence-electron chi connectivity index (χ0n) is 10.1. The van der Waals surface area contributed by atoms with Gasteiger partial charge in [0, 0.05) is 13.7 Å². The van der Waals surface area contributed by atoms with Crippen molar-refractivity contribution in [3.05, 3.63) is 29.6 Å². The van der Waals surface area contributed by atoms with Crippen LogP contribution in [0, 0.1) is 5.82 Å². The average molecular weight is 243 g/mol. The molecule has 1 aromatic carbocycles. The lowest BCUT2D eigenvalue weighted by Crippen LogP contribution is -2.22. The smallest absolute Gasteiger partial charge is 0.165 e. The number of nitrogens with one attached hydrogen (secondary N) is 1. The number of hydrogen-bond donors (Lipinski definition) is 2. The number of halogens is 1. The summed E-state index contributed by atoms with van der Waals surface area (Å²) < 4.78 is 23.4. The van der Waals surface area contributed by atoms with Crippen molar-refractivity contribution in [2.45, 2.75) is 12.6 Å². The highest BCUT2D eigenvalue weighted by Crippen LogP contribution is 2.18. The van der Waals surface area contributed by atoms with Crippen molar-refractivity contribution in [2.24, 2.45) is 0 Å². The fraction of sp³-hybridized carbons (Fsp3) is 0.500. The summed E-state index contributed by atoms with van der Waals surface area (Å²) in [7, 11) is 3.28. The molecule has 0 aliphatic heterocycles. The molecule has 17 heavy (non-hydrogen) atoms. The van der Waals surface area contributed by atoms with Gasteiger partial charge >= 0.3 is 0 Å². The van der Waals surface area contributed by atoms with E-state index in [9.17, 15) is 9.50 Å². The lowest BCUT2D eigenvalue weighted by Gasteiger charge is -2.12. The Balaban J connectivity index is 2.54. The highest BCUT2D eigenvalue weighted by atomic mass is 19.1. The van der Waals surface area contributed by atoms with Gasteiger partial charge in [0.05, 0.1) is 6.61 Å². The number of ether oxygens (including phenoxy) is 2. The van der Waals surface area contributed by atoms with Crippen LogP contribution in [0.3, 0.4) is 0 Å². The lowest BCUT2D eigenvalue weighted by atomic mass is 10.2. The van der Waals surface area contributed by atoms with E-state index < -0.39 is 11.9 Å². The van der Waals surface area contributed by atoms with Gasteiger partial charge in [-0.2, -0.15) is 0 Å². The number of benzene rings is 1. The average Bonchev–Trinajstić information content (AvgIpc) is 2.29. The summed E-state index contributed by atoms with van der Waals surface area (Å²) >= 11 is 0. The standard InChI is InChI=1S/C12H18FNO3/c1-14-6-9-3-4-12(11(13)5-9)17-8-10(15)7-16-2/h3-5,10,14-15H,6-8H2,1-2H3. The first kappa shape index (κ1) is 13.9. The van der Waals surface area contributed by atoms with Crippen LogP contribution in [0.5, 0.6) is 5.75 Å². The van der Waals surface area contributed by atoms with Crippen LogP contribution in [-0.2, 0) is 11.3 Å². The molecule has 1 rings (SSSR count). The summed E-state index contributed by atoms with van der Waals surface area (Å²) in [6.07, 6.45) is -0.753. The van der Waals surface area contributed by atoms with Crippen LogP contribution >= 0.6 is 0 Å². The third-order valence-corrected chi connectivity index (χ3v) is 2.17. The van der Waals surface area contributed by atoms with Crippen LogP contribution in [-0.4, -0.2) is 38.6 Å². The SMILES string of the molecule is CNCc1ccc(OCC(O)COC)c(F)c1. The van der Waals surface area contributed by atoms with E-state index in [4.69, 9.17) is 9.47 Å². The van der Waals surface area contributed by atoms with Crippen LogP contribution < -0.4 is 10.1 Å². The molecule has 5 heteroatoms. The first-order valence-electron chi connectivity index (χ1n) is 5.40. The normalized spacial score (nSPS) is 12.5. The van der Waals surface area contributed by atoms with Gasteiger partial charge in [0.1, 0.15) is 12.7 Å². The summed E-state index contributed by atoms with van der Waals surface area (Å²) in [4.78, 5) is 0. The summed E-state index contributed by atoms with van der Waals surface area (Å²) in [5, 5.41) is 12.3. The highest BCUT2D eigenvalue weighted by molar-refractivity contribution is 5.29. The molecule has 1 aromatic rings. The molecule has 0 aliphatic rings. The fourth-order valence-corrected chi connectivity index (χ4v) is 1.40. The van der Waals surface area contributed by atoms with Crippen LogP contribution in [0.25, 0.3) is 0 Å². The van der Waals surface area contributed by atoms with Gasteiger partial charge in [0.2, 0.25) is 0 Å². The van der Waals surface area contributed by atoms with E-state index in [0.717, 1.165) is 5.56 Å². The van der Waals surface area contributed by atoms with Crippen molar-refractivity contribution in [3.8, 4) is 5.75 Å². The topological polar surface area (TPSA) is 50.7 Å². The largest absolute Gasteiger partial charge is 0.488 e. The van der Waals surface area contributed by atoms with E-state index in [0.29, 0.717) is 6.54 Å². The van der Waals surface area contributed by atoms with Gasteiger partial charge in [-0.3, -0.25) is 0 Å². The molecule has 0 saturated carbocycles. The van der Waals surface area contributed by atoms with Crippen molar-refractivity contribution >= 4 is 0 Å². The van der Waals surface area contributed by atoms with Gasteiger partial charge in [-0.15, -0.1) is 0 Å². The van der Waals surface area contributed by atoms with Gasteiger partial charge in [-0.25, -0.2) is 4.39 Å². The fourth-order valence-electron chi connectivity index (χ4n) is 1.40. The first-order valence-corrected chi connectivity index (χ1v) is 5.40. The van der Waals surface area contributed by atoms with Gasteiger partial charge < -0.3 is 19.9 Å². The number of rotatable bonds is 7. The van der Waals surface area contributed by atoms with Crippen LogP contribution in [0.15, 0.2) is 18.2 Å². The Bertz CT molecular complexity index is 347. The number of aliphatic hydroxyl groups is 1. The third kappa shape index (κ3) is 4.68. The molecule has 0 heterocycles. The van der Waals surface area contributed by atoms with Crippen molar-refractivity contribution in [1.29, 1.82) is 0 Å². The van der Waals surface area contributed by atoms with Crippen molar-refractivity contribution in [2.75, 3.05) is 27.4 Å². The van der Waals surface area contributed by atoms with Gasteiger partial charge in [0.25, 0.3) is 0 Å². The second-order valence-electron chi connectivity index (χ2n) is 3.72. The second-order valence-corrected chi connectivity index (χ2v) is 3.72. The molecule has 2 N–H and O–H groups in total. The Morgan fingerprint density at radius 3 is 2.76 bits per heavy atom.